The zero-order valence-corrected chi connectivity index (χ0v) is 13.5. The fraction of sp³-hybridized carbons (Fsp3) is 0.667. The van der Waals surface area contributed by atoms with Gasteiger partial charge in [-0.15, -0.1) is 0 Å². The monoisotopic (exact) mass is 274 g/mol. The van der Waals surface area contributed by atoms with Crippen LogP contribution in [-0.4, -0.2) is 20.1 Å². The SMILES string of the molecule is CCC(NC)c1ccccc1N(C)C1CCC(C)CC1. The highest BCUT2D eigenvalue weighted by atomic mass is 15.1. The van der Waals surface area contributed by atoms with Crippen molar-refractivity contribution in [1.82, 2.24) is 5.32 Å². The Labute approximate surface area is 124 Å². The molecule has 0 radical (unpaired) electrons. The molecule has 0 heterocycles. The molecule has 2 heteroatoms. The van der Waals surface area contributed by atoms with Crippen molar-refractivity contribution < 1.29 is 0 Å². The van der Waals surface area contributed by atoms with Crippen LogP contribution in [0.15, 0.2) is 24.3 Å². The van der Waals surface area contributed by atoms with Crippen molar-refractivity contribution in [2.45, 2.75) is 58.0 Å². The molecule has 0 aromatic heterocycles. The summed E-state index contributed by atoms with van der Waals surface area (Å²) in [5, 5.41) is 3.45. The maximum Gasteiger partial charge on any atom is 0.0414 e. The molecule has 1 saturated carbocycles. The number of para-hydroxylation sites is 1. The zero-order chi connectivity index (χ0) is 14.5. The van der Waals surface area contributed by atoms with Gasteiger partial charge in [-0.2, -0.15) is 0 Å². The van der Waals surface area contributed by atoms with Crippen molar-refractivity contribution in [3.63, 3.8) is 0 Å². The first-order valence-electron chi connectivity index (χ1n) is 8.16. The van der Waals surface area contributed by atoms with Crippen molar-refractivity contribution in [3.05, 3.63) is 29.8 Å². The quantitative estimate of drug-likeness (QED) is 0.857. The lowest BCUT2D eigenvalue weighted by molar-refractivity contribution is 0.340. The second-order valence-corrected chi connectivity index (χ2v) is 6.33. The van der Waals surface area contributed by atoms with Gasteiger partial charge in [0.05, 0.1) is 0 Å². The molecule has 112 valence electrons. The summed E-state index contributed by atoms with van der Waals surface area (Å²) in [5.41, 5.74) is 2.85. The summed E-state index contributed by atoms with van der Waals surface area (Å²) in [6.45, 7) is 4.64. The zero-order valence-electron chi connectivity index (χ0n) is 13.5. The van der Waals surface area contributed by atoms with E-state index in [-0.39, 0.29) is 0 Å². The lowest BCUT2D eigenvalue weighted by atomic mass is 9.86. The minimum absolute atomic E-state index is 0.455. The maximum atomic E-state index is 3.45. The van der Waals surface area contributed by atoms with E-state index in [1.54, 1.807) is 0 Å². The van der Waals surface area contributed by atoms with Crippen LogP contribution in [0.25, 0.3) is 0 Å². The molecule has 1 fully saturated rings. The van der Waals surface area contributed by atoms with Gasteiger partial charge in [0.15, 0.2) is 0 Å². The van der Waals surface area contributed by atoms with Gasteiger partial charge in [0.2, 0.25) is 0 Å². The fourth-order valence-corrected chi connectivity index (χ4v) is 3.51. The molecule has 0 bridgehead atoms. The molecule has 0 aliphatic heterocycles. The number of rotatable bonds is 5. The predicted octanol–water partition coefficient (Wildman–Crippen LogP) is 4.37. The molecule has 1 atom stereocenters. The molecule has 2 nitrogen and oxygen atoms in total. The van der Waals surface area contributed by atoms with Crippen LogP contribution in [0.5, 0.6) is 0 Å². The molecule has 1 N–H and O–H groups in total. The Hall–Kier alpha value is -1.02. The van der Waals surface area contributed by atoms with Gasteiger partial charge >= 0.3 is 0 Å². The summed E-state index contributed by atoms with van der Waals surface area (Å²) >= 11 is 0. The summed E-state index contributed by atoms with van der Waals surface area (Å²) in [6, 6.07) is 10.1. The summed E-state index contributed by atoms with van der Waals surface area (Å²) in [6.07, 6.45) is 6.55. The molecule has 0 amide bonds. The lowest BCUT2D eigenvalue weighted by Gasteiger charge is -2.37. The number of hydrogen-bond donors (Lipinski definition) is 1. The van der Waals surface area contributed by atoms with E-state index < -0.39 is 0 Å². The molecule has 1 aliphatic rings. The number of nitrogens with one attached hydrogen (secondary N) is 1. The van der Waals surface area contributed by atoms with Gasteiger partial charge in [-0.05, 0) is 56.7 Å². The van der Waals surface area contributed by atoms with Gasteiger partial charge in [0.25, 0.3) is 0 Å². The van der Waals surface area contributed by atoms with E-state index in [1.807, 2.05) is 0 Å². The molecule has 20 heavy (non-hydrogen) atoms. The predicted molar refractivity (Wildman–Crippen MR) is 88.4 cm³/mol. The fourth-order valence-electron chi connectivity index (χ4n) is 3.51. The van der Waals surface area contributed by atoms with Crippen LogP contribution in [-0.2, 0) is 0 Å². The Bertz CT molecular complexity index is 404. The summed E-state index contributed by atoms with van der Waals surface area (Å²) in [7, 11) is 4.34. The van der Waals surface area contributed by atoms with E-state index in [0.717, 1.165) is 12.3 Å². The van der Waals surface area contributed by atoms with E-state index in [0.29, 0.717) is 12.1 Å². The Morgan fingerprint density at radius 1 is 1.20 bits per heavy atom. The Morgan fingerprint density at radius 3 is 2.45 bits per heavy atom. The van der Waals surface area contributed by atoms with Gasteiger partial charge in [-0.1, -0.05) is 32.0 Å². The summed E-state index contributed by atoms with van der Waals surface area (Å²) in [4.78, 5) is 2.53. The Morgan fingerprint density at radius 2 is 1.85 bits per heavy atom. The van der Waals surface area contributed by atoms with Crippen LogP contribution < -0.4 is 10.2 Å². The van der Waals surface area contributed by atoms with Gasteiger partial charge in [0.1, 0.15) is 0 Å². The van der Waals surface area contributed by atoms with Crippen LogP contribution >= 0.6 is 0 Å². The first-order valence-corrected chi connectivity index (χ1v) is 8.16. The van der Waals surface area contributed by atoms with Crippen molar-refractivity contribution in [3.8, 4) is 0 Å². The number of nitrogens with zero attached hydrogens (tertiary/aromatic N) is 1. The topological polar surface area (TPSA) is 15.3 Å². The Kier molecular flexibility index (Phi) is 5.47. The van der Waals surface area contributed by atoms with Crippen molar-refractivity contribution >= 4 is 5.69 Å². The van der Waals surface area contributed by atoms with Crippen molar-refractivity contribution in [2.75, 3.05) is 19.0 Å². The molecule has 1 aromatic rings. The molecule has 1 aromatic carbocycles. The highest BCUT2D eigenvalue weighted by molar-refractivity contribution is 5.55. The number of benzene rings is 1. The van der Waals surface area contributed by atoms with Crippen LogP contribution in [0.2, 0.25) is 0 Å². The Balaban J connectivity index is 2.19. The molecule has 1 unspecified atom stereocenters. The highest BCUT2D eigenvalue weighted by Gasteiger charge is 2.24. The van der Waals surface area contributed by atoms with E-state index in [1.165, 1.54) is 36.9 Å². The number of anilines is 1. The van der Waals surface area contributed by atoms with Crippen molar-refractivity contribution in [1.29, 1.82) is 0 Å². The minimum Gasteiger partial charge on any atom is -0.371 e. The largest absolute Gasteiger partial charge is 0.371 e. The van der Waals surface area contributed by atoms with Crippen LogP contribution in [0.3, 0.4) is 0 Å². The average molecular weight is 274 g/mol. The third kappa shape index (κ3) is 3.35. The molecule has 0 saturated heterocycles. The first-order chi connectivity index (χ1) is 9.67. The molecular formula is C18H30N2. The normalized spacial score (nSPS) is 24.4. The van der Waals surface area contributed by atoms with Crippen LogP contribution in [0.4, 0.5) is 5.69 Å². The molecule has 1 aliphatic carbocycles. The molecule has 2 rings (SSSR count). The van der Waals surface area contributed by atoms with E-state index in [2.05, 4.69) is 62.4 Å². The van der Waals surface area contributed by atoms with Crippen molar-refractivity contribution in [2.24, 2.45) is 5.92 Å². The average Bonchev–Trinajstić information content (AvgIpc) is 2.49. The van der Waals surface area contributed by atoms with Crippen LogP contribution in [0.1, 0.15) is 57.6 Å². The first kappa shape index (κ1) is 15.4. The van der Waals surface area contributed by atoms with Gasteiger partial charge in [0, 0.05) is 24.8 Å². The highest BCUT2D eigenvalue weighted by Crippen LogP contribution is 2.33. The summed E-state index contributed by atoms with van der Waals surface area (Å²) < 4.78 is 0. The minimum atomic E-state index is 0.455. The second-order valence-electron chi connectivity index (χ2n) is 6.33. The third-order valence-electron chi connectivity index (χ3n) is 4.98. The van der Waals surface area contributed by atoms with Gasteiger partial charge in [-0.3, -0.25) is 0 Å². The van der Waals surface area contributed by atoms with E-state index in [9.17, 15) is 0 Å². The summed E-state index contributed by atoms with van der Waals surface area (Å²) in [5.74, 6) is 0.913. The third-order valence-corrected chi connectivity index (χ3v) is 4.98. The number of hydrogen-bond acceptors (Lipinski definition) is 2. The second kappa shape index (κ2) is 7.12. The van der Waals surface area contributed by atoms with Gasteiger partial charge < -0.3 is 10.2 Å². The van der Waals surface area contributed by atoms with Gasteiger partial charge in [-0.25, -0.2) is 0 Å². The van der Waals surface area contributed by atoms with E-state index >= 15 is 0 Å². The molecular weight excluding hydrogens is 244 g/mol. The van der Waals surface area contributed by atoms with E-state index in [4.69, 9.17) is 0 Å². The van der Waals surface area contributed by atoms with Crippen LogP contribution in [0, 0.1) is 5.92 Å². The smallest absolute Gasteiger partial charge is 0.0414 e. The maximum absolute atomic E-state index is 3.45. The standard InChI is InChI=1S/C18H30N2/c1-5-17(19-3)16-8-6-7-9-18(16)20(4)15-12-10-14(2)11-13-15/h6-9,14-15,17,19H,5,10-13H2,1-4H3. The molecule has 0 spiro atoms. The lowest BCUT2D eigenvalue weighted by Crippen LogP contribution is -2.36.